The lowest BCUT2D eigenvalue weighted by Gasteiger charge is -2.24. The van der Waals surface area contributed by atoms with Gasteiger partial charge in [-0.15, -0.1) is 0 Å². The SMILES string of the molecule is COc1ccccc1C(=O)N[C@H](C(=O)NNC(=O)C1CCCCC1)C(C)C. The Kier molecular flexibility index (Phi) is 7.64. The predicted octanol–water partition coefficient (Wildman–Crippen LogP) is 2.18. The van der Waals surface area contributed by atoms with Crippen molar-refractivity contribution in [2.45, 2.75) is 52.0 Å². The molecule has 0 bridgehead atoms. The number of methoxy groups -OCH3 is 1. The van der Waals surface area contributed by atoms with Crippen LogP contribution >= 0.6 is 0 Å². The van der Waals surface area contributed by atoms with Gasteiger partial charge in [-0.3, -0.25) is 25.2 Å². The summed E-state index contributed by atoms with van der Waals surface area (Å²) in [6, 6.07) is 6.03. The zero-order valence-corrected chi connectivity index (χ0v) is 16.2. The third-order valence-corrected chi connectivity index (χ3v) is 4.87. The summed E-state index contributed by atoms with van der Waals surface area (Å²) in [7, 11) is 1.49. The second-order valence-corrected chi connectivity index (χ2v) is 7.21. The number of nitrogens with one attached hydrogen (secondary N) is 3. The summed E-state index contributed by atoms with van der Waals surface area (Å²) >= 11 is 0. The standard InChI is InChI=1S/C20H29N3O4/c1-13(2)17(21-19(25)15-11-7-8-12-16(15)27-3)20(26)23-22-18(24)14-9-5-4-6-10-14/h7-8,11-14,17H,4-6,9-10H2,1-3H3,(H,21,25)(H,22,24)(H,23,26)/t17-/m0/s1. The highest BCUT2D eigenvalue weighted by Crippen LogP contribution is 2.23. The summed E-state index contributed by atoms with van der Waals surface area (Å²) in [4.78, 5) is 37.3. The largest absolute Gasteiger partial charge is 0.496 e. The third-order valence-electron chi connectivity index (χ3n) is 4.87. The van der Waals surface area contributed by atoms with Gasteiger partial charge in [0, 0.05) is 5.92 Å². The fourth-order valence-corrected chi connectivity index (χ4v) is 3.25. The molecule has 1 aliphatic carbocycles. The van der Waals surface area contributed by atoms with Crippen LogP contribution in [0.1, 0.15) is 56.3 Å². The third kappa shape index (κ3) is 5.70. The lowest BCUT2D eigenvalue weighted by molar-refractivity contribution is -0.133. The van der Waals surface area contributed by atoms with E-state index in [1.807, 2.05) is 13.8 Å². The number of para-hydroxylation sites is 1. The highest BCUT2D eigenvalue weighted by molar-refractivity contribution is 5.99. The number of benzene rings is 1. The molecular formula is C20H29N3O4. The van der Waals surface area contributed by atoms with E-state index in [2.05, 4.69) is 16.2 Å². The maximum absolute atomic E-state index is 12.6. The van der Waals surface area contributed by atoms with Gasteiger partial charge < -0.3 is 10.1 Å². The van der Waals surface area contributed by atoms with E-state index in [1.54, 1.807) is 24.3 Å². The minimum Gasteiger partial charge on any atom is -0.496 e. The molecule has 148 valence electrons. The minimum atomic E-state index is -0.783. The molecule has 2 rings (SSSR count). The van der Waals surface area contributed by atoms with Crippen molar-refractivity contribution >= 4 is 17.7 Å². The summed E-state index contributed by atoms with van der Waals surface area (Å²) in [5.41, 5.74) is 5.32. The Hall–Kier alpha value is -2.57. The Labute approximate surface area is 160 Å². The van der Waals surface area contributed by atoms with Crippen LogP contribution < -0.4 is 20.9 Å². The Balaban J connectivity index is 1.96. The van der Waals surface area contributed by atoms with E-state index in [1.165, 1.54) is 7.11 Å². The number of carbonyl (C=O) groups excluding carboxylic acids is 3. The maximum atomic E-state index is 12.6. The molecule has 3 N–H and O–H groups in total. The molecule has 1 aliphatic rings. The first-order valence-corrected chi connectivity index (χ1v) is 9.47. The highest BCUT2D eigenvalue weighted by atomic mass is 16.5. The van der Waals surface area contributed by atoms with Crippen molar-refractivity contribution in [3.05, 3.63) is 29.8 Å². The summed E-state index contributed by atoms with van der Waals surface area (Å²) in [5.74, 6) is -0.794. The number of hydrazine groups is 1. The van der Waals surface area contributed by atoms with Crippen LogP contribution in [0.2, 0.25) is 0 Å². The van der Waals surface area contributed by atoms with Gasteiger partial charge in [0.05, 0.1) is 12.7 Å². The molecule has 0 aliphatic heterocycles. The van der Waals surface area contributed by atoms with E-state index in [0.29, 0.717) is 11.3 Å². The van der Waals surface area contributed by atoms with Crippen LogP contribution in [0, 0.1) is 11.8 Å². The molecule has 7 nitrogen and oxygen atoms in total. The molecule has 1 saturated carbocycles. The second kappa shape index (κ2) is 9.94. The normalized spacial score (nSPS) is 15.7. The van der Waals surface area contributed by atoms with E-state index in [9.17, 15) is 14.4 Å². The molecule has 0 heterocycles. The first-order chi connectivity index (χ1) is 12.9. The lowest BCUT2D eigenvalue weighted by atomic mass is 9.89. The summed E-state index contributed by atoms with van der Waals surface area (Å²) in [6.07, 6.45) is 4.92. The van der Waals surface area contributed by atoms with Gasteiger partial charge in [0.1, 0.15) is 11.8 Å². The topological polar surface area (TPSA) is 96.5 Å². The van der Waals surface area contributed by atoms with Crippen LogP contribution in [0.4, 0.5) is 0 Å². The summed E-state index contributed by atoms with van der Waals surface area (Å²) < 4.78 is 5.20. The molecule has 1 fully saturated rings. The maximum Gasteiger partial charge on any atom is 0.261 e. The van der Waals surface area contributed by atoms with Crippen molar-refractivity contribution in [1.29, 1.82) is 0 Å². The van der Waals surface area contributed by atoms with Crippen LogP contribution in [-0.2, 0) is 9.59 Å². The van der Waals surface area contributed by atoms with Gasteiger partial charge in [-0.1, -0.05) is 45.2 Å². The average Bonchev–Trinajstić information content (AvgIpc) is 2.70. The molecule has 1 aromatic rings. The average molecular weight is 375 g/mol. The first kappa shape index (κ1) is 20.7. The van der Waals surface area contributed by atoms with Gasteiger partial charge in [0.15, 0.2) is 0 Å². The summed E-state index contributed by atoms with van der Waals surface area (Å²) in [5, 5.41) is 2.73. The van der Waals surface area contributed by atoms with Gasteiger partial charge >= 0.3 is 0 Å². The van der Waals surface area contributed by atoms with Crippen LogP contribution in [-0.4, -0.2) is 30.9 Å². The van der Waals surface area contributed by atoms with E-state index in [-0.39, 0.29) is 17.7 Å². The molecule has 1 aromatic carbocycles. The van der Waals surface area contributed by atoms with E-state index >= 15 is 0 Å². The molecule has 3 amide bonds. The number of hydrogen-bond donors (Lipinski definition) is 3. The zero-order chi connectivity index (χ0) is 19.8. The van der Waals surface area contributed by atoms with Crippen molar-refractivity contribution in [3.63, 3.8) is 0 Å². The quantitative estimate of drug-likeness (QED) is 0.664. The molecule has 0 saturated heterocycles. The van der Waals surface area contributed by atoms with Crippen molar-refractivity contribution in [2.24, 2.45) is 11.8 Å². The van der Waals surface area contributed by atoms with Gasteiger partial charge in [0.2, 0.25) is 5.91 Å². The van der Waals surface area contributed by atoms with Crippen molar-refractivity contribution < 1.29 is 19.1 Å². The molecule has 1 atom stereocenters. The Bertz CT molecular complexity index is 669. The molecule has 0 aromatic heterocycles. The Morgan fingerprint density at radius 2 is 1.70 bits per heavy atom. The monoisotopic (exact) mass is 375 g/mol. The molecule has 0 unspecified atom stereocenters. The molecule has 0 spiro atoms. The minimum absolute atomic E-state index is 0.0558. The van der Waals surface area contributed by atoms with Crippen LogP contribution in [0.3, 0.4) is 0 Å². The zero-order valence-electron chi connectivity index (χ0n) is 16.2. The highest BCUT2D eigenvalue weighted by Gasteiger charge is 2.27. The number of rotatable bonds is 6. The number of carbonyl (C=O) groups is 3. The van der Waals surface area contributed by atoms with Crippen LogP contribution in [0.15, 0.2) is 24.3 Å². The van der Waals surface area contributed by atoms with Crippen LogP contribution in [0.25, 0.3) is 0 Å². The summed E-state index contributed by atoms with van der Waals surface area (Å²) in [6.45, 7) is 3.66. The number of hydrogen-bond acceptors (Lipinski definition) is 4. The van der Waals surface area contributed by atoms with Crippen molar-refractivity contribution in [2.75, 3.05) is 7.11 Å². The van der Waals surface area contributed by atoms with E-state index in [0.717, 1.165) is 32.1 Å². The Morgan fingerprint density at radius 3 is 2.33 bits per heavy atom. The van der Waals surface area contributed by atoms with Gasteiger partial charge in [-0.05, 0) is 30.9 Å². The molecular weight excluding hydrogens is 346 g/mol. The second-order valence-electron chi connectivity index (χ2n) is 7.21. The van der Waals surface area contributed by atoms with Gasteiger partial charge in [-0.2, -0.15) is 0 Å². The molecule has 0 radical (unpaired) electrons. The van der Waals surface area contributed by atoms with E-state index < -0.39 is 17.9 Å². The first-order valence-electron chi connectivity index (χ1n) is 9.47. The fraction of sp³-hybridized carbons (Fsp3) is 0.550. The number of ether oxygens (including phenoxy) is 1. The molecule has 27 heavy (non-hydrogen) atoms. The smallest absolute Gasteiger partial charge is 0.261 e. The lowest BCUT2D eigenvalue weighted by Crippen LogP contribution is -2.55. The predicted molar refractivity (Wildman–Crippen MR) is 102 cm³/mol. The van der Waals surface area contributed by atoms with Crippen molar-refractivity contribution in [1.82, 2.24) is 16.2 Å². The van der Waals surface area contributed by atoms with Crippen molar-refractivity contribution in [3.8, 4) is 5.75 Å². The number of amides is 3. The molecule has 7 heteroatoms. The Morgan fingerprint density at radius 1 is 1.04 bits per heavy atom. The van der Waals surface area contributed by atoms with Crippen LogP contribution in [0.5, 0.6) is 5.75 Å². The van der Waals surface area contributed by atoms with Gasteiger partial charge in [-0.25, -0.2) is 0 Å². The van der Waals surface area contributed by atoms with Gasteiger partial charge in [0.25, 0.3) is 11.8 Å². The van der Waals surface area contributed by atoms with E-state index in [4.69, 9.17) is 4.74 Å². The fourth-order valence-electron chi connectivity index (χ4n) is 3.25.